The number of benzene rings is 3. The molecule has 1 aliphatic rings. The van der Waals surface area contributed by atoms with Crippen LogP contribution in [0.15, 0.2) is 72.8 Å². The van der Waals surface area contributed by atoms with Crippen LogP contribution in [0.3, 0.4) is 0 Å². The predicted molar refractivity (Wildman–Crippen MR) is 135 cm³/mol. The highest BCUT2D eigenvalue weighted by molar-refractivity contribution is 5.64. The third-order valence-corrected chi connectivity index (χ3v) is 7.14. The number of ether oxygens (including phenoxy) is 3. The van der Waals surface area contributed by atoms with Gasteiger partial charge in [0, 0.05) is 18.4 Å². The van der Waals surface area contributed by atoms with Gasteiger partial charge in [-0.15, -0.1) is 0 Å². The minimum absolute atomic E-state index is 0.316. The molecule has 1 atom stereocenters. The molecule has 174 valence electrons. The molecule has 33 heavy (non-hydrogen) atoms. The van der Waals surface area contributed by atoms with Gasteiger partial charge in [0.25, 0.3) is 0 Å². The molecule has 0 N–H and O–H groups in total. The van der Waals surface area contributed by atoms with E-state index in [1.54, 1.807) is 7.11 Å². The van der Waals surface area contributed by atoms with Crippen LogP contribution < -0.4 is 9.47 Å². The zero-order valence-electron chi connectivity index (χ0n) is 20.2. The van der Waals surface area contributed by atoms with E-state index in [2.05, 4.69) is 74.5 Å². The van der Waals surface area contributed by atoms with Crippen LogP contribution in [-0.2, 0) is 17.6 Å². The molecule has 3 aromatic carbocycles. The van der Waals surface area contributed by atoms with Crippen molar-refractivity contribution in [3.8, 4) is 22.6 Å². The van der Waals surface area contributed by atoms with Crippen LogP contribution in [0.1, 0.15) is 44.2 Å². The second kappa shape index (κ2) is 10.9. The van der Waals surface area contributed by atoms with Crippen LogP contribution in [0.25, 0.3) is 11.1 Å². The molecule has 1 fully saturated rings. The largest absolute Gasteiger partial charge is 0.497 e. The molecule has 0 saturated heterocycles. The summed E-state index contributed by atoms with van der Waals surface area (Å²) in [5.41, 5.74) is 5.37. The van der Waals surface area contributed by atoms with Crippen molar-refractivity contribution in [3.63, 3.8) is 0 Å². The lowest BCUT2D eigenvalue weighted by atomic mass is 9.62. The summed E-state index contributed by atoms with van der Waals surface area (Å²) in [5.74, 6) is 1.82. The molecule has 3 heteroatoms. The minimum atomic E-state index is 0.316. The van der Waals surface area contributed by atoms with Crippen molar-refractivity contribution >= 4 is 0 Å². The highest BCUT2D eigenvalue weighted by atomic mass is 16.5. The molecular formula is C30H36O3. The normalized spacial score (nSPS) is 15.5. The fraction of sp³-hybridized carbons (Fsp3) is 0.400. The molecule has 1 saturated carbocycles. The van der Waals surface area contributed by atoms with Crippen molar-refractivity contribution < 1.29 is 14.2 Å². The van der Waals surface area contributed by atoms with Crippen molar-refractivity contribution in [2.75, 3.05) is 20.3 Å². The summed E-state index contributed by atoms with van der Waals surface area (Å²) in [5, 5.41) is 0. The smallest absolute Gasteiger partial charge is 0.119 e. The Bertz CT molecular complexity index is 986. The van der Waals surface area contributed by atoms with E-state index < -0.39 is 0 Å². The van der Waals surface area contributed by atoms with E-state index in [0.717, 1.165) is 30.9 Å². The molecule has 4 rings (SSSR count). The summed E-state index contributed by atoms with van der Waals surface area (Å²) in [6.45, 7) is 5.79. The SMILES string of the molecule is CCOC(C)C1(Cc2ccc(OCCc3ccc(-c4ccc(OC)cc4)cc3)cc2)CCC1. The van der Waals surface area contributed by atoms with E-state index in [1.807, 2.05) is 12.1 Å². The molecule has 0 radical (unpaired) electrons. The molecule has 1 unspecified atom stereocenters. The second-order valence-corrected chi connectivity index (χ2v) is 9.16. The van der Waals surface area contributed by atoms with Gasteiger partial charge in [-0.3, -0.25) is 0 Å². The molecule has 0 bridgehead atoms. The summed E-state index contributed by atoms with van der Waals surface area (Å²) in [6, 6.07) is 25.5. The zero-order valence-corrected chi connectivity index (χ0v) is 20.2. The van der Waals surface area contributed by atoms with E-state index in [1.165, 1.54) is 41.5 Å². The topological polar surface area (TPSA) is 27.7 Å². The molecule has 0 heterocycles. The maximum atomic E-state index is 6.02. The molecule has 3 nitrogen and oxygen atoms in total. The van der Waals surface area contributed by atoms with Crippen LogP contribution >= 0.6 is 0 Å². The van der Waals surface area contributed by atoms with Crippen LogP contribution in [0.5, 0.6) is 11.5 Å². The van der Waals surface area contributed by atoms with E-state index in [4.69, 9.17) is 14.2 Å². The first-order valence-electron chi connectivity index (χ1n) is 12.2. The standard InChI is InChI=1S/C30H36O3/c1-4-32-23(2)30(19-5-20-30)22-25-8-14-29(15-9-25)33-21-18-24-6-10-26(11-7-24)27-12-16-28(31-3)17-13-27/h6-17,23H,4-5,18-22H2,1-3H3. The predicted octanol–water partition coefficient (Wildman–Crippen LogP) is 7.12. The van der Waals surface area contributed by atoms with Gasteiger partial charge in [0.05, 0.1) is 19.8 Å². The Labute approximate surface area is 198 Å². The average Bonchev–Trinajstić information content (AvgIpc) is 2.83. The lowest BCUT2D eigenvalue weighted by Crippen LogP contribution is -2.43. The Morgan fingerprint density at radius 1 is 0.788 bits per heavy atom. The lowest BCUT2D eigenvalue weighted by Gasteiger charge is -2.46. The molecule has 0 aromatic heterocycles. The van der Waals surface area contributed by atoms with E-state index >= 15 is 0 Å². The van der Waals surface area contributed by atoms with Gasteiger partial charge < -0.3 is 14.2 Å². The first-order chi connectivity index (χ1) is 16.1. The van der Waals surface area contributed by atoms with E-state index in [0.29, 0.717) is 18.1 Å². The van der Waals surface area contributed by atoms with Crippen molar-refractivity contribution in [2.24, 2.45) is 5.41 Å². The average molecular weight is 445 g/mol. The molecule has 1 aliphatic carbocycles. The highest BCUT2D eigenvalue weighted by Crippen LogP contribution is 2.47. The molecule has 0 spiro atoms. The highest BCUT2D eigenvalue weighted by Gasteiger charge is 2.42. The first kappa shape index (κ1) is 23.4. The van der Waals surface area contributed by atoms with Gasteiger partial charge in [0.15, 0.2) is 0 Å². The van der Waals surface area contributed by atoms with Crippen LogP contribution in [-0.4, -0.2) is 26.4 Å². The Kier molecular flexibility index (Phi) is 7.72. The summed E-state index contributed by atoms with van der Waals surface area (Å²) >= 11 is 0. The third kappa shape index (κ3) is 5.78. The fourth-order valence-electron chi connectivity index (χ4n) is 4.83. The molecule has 3 aromatic rings. The van der Waals surface area contributed by atoms with Crippen molar-refractivity contribution in [3.05, 3.63) is 83.9 Å². The van der Waals surface area contributed by atoms with Gasteiger partial charge >= 0.3 is 0 Å². The zero-order chi connectivity index (χ0) is 23.1. The molecule has 0 aliphatic heterocycles. The van der Waals surface area contributed by atoms with Gasteiger partial charge in [-0.05, 0) is 79.6 Å². The minimum Gasteiger partial charge on any atom is -0.497 e. The number of hydrogen-bond acceptors (Lipinski definition) is 3. The summed E-state index contributed by atoms with van der Waals surface area (Å²) in [6.07, 6.45) is 6.16. The molecular weight excluding hydrogens is 408 g/mol. The maximum absolute atomic E-state index is 6.02. The fourth-order valence-corrected chi connectivity index (χ4v) is 4.83. The Morgan fingerprint density at radius 2 is 1.36 bits per heavy atom. The Hall–Kier alpha value is -2.78. The van der Waals surface area contributed by atoms with Gasteiger partial charge in [-0.25, -0.2) is 0 Å². The van der Waals surface area contributed by atoms with Gasteiger partial charge in [0.1, 0.15) is 11.5 Å². The number of methoxy groups -OCH3 is 1. The number of hydrogen-bond donors (Lipinski definition) is 0. The summed E-state index contributed by atoms with van der Waals surface area (Å²) in [7, 11) is 1.69. The quantitative estimate of drug-likeness (QED) is 0.315. The molecule has 0 amide bonds. The lowest BCUT2D eigenvalue weighted by molar-refractivity contribution is -0.0673. The van der Waals surface area contributed by atoms with Gasteiger partial charge in [-0.2, -0.15) is 0 Å². The van der Waals surface area contributed by atoms with Crippen molar-refractivity contribution in [1.82, 2.24) is 0 Å². The maximum Gasteiger partial charge on any atom is 0.119 e. The Morgan fingerprint density at radius 3 is 1.91 bits per heavy atom. The van der Waals surface area contributed by atoms with Crippen molar-refractivity contribution in [1.29, 1.82) is 0 Å². The third-order valence-electron chi connectivity index (χ3n) is 7.14. The monoisotopic (exact) mass is 444 g/mol. The Balaban J connectivity index is 1.26. The second-order valence-electron chi connectivity index (χ2n) is 9.16. The van der Waals surface area contributed by atoms with Crippen molar-refractivity contribution in [2.45, 2.75) is 52.1 Å². The van der Waals surface area contributed by atoms with Crippen LogP contribution in [0.4, 0.5) is 0 Å². The van der Waals surface area contributed by atoms with E-state index in [9.17, 15) is 0 Å². The van der Waals surface area contributed by atoms with Gasteiger partial charge in [0.2, 0.25) is 0 Å². The van der Waals surface area contributed by atoms with E-state index in [-0.39, 0.29) is 0 Å². The van der Waals surface area contributed by atoms with Crippen LogP contribution in [0, 0.1) is 5.41 Å². The van der Waals surface area contributed by atoms with Crippen LogP contribution in [0.2, 0.25) is 0 Å². The summed E-state index contributed by atoms with van der Waals surface area (Å²) < 4.78 is 17.2. The first-order valence-corrected chi connectivity index (χ1v) is 12.2. The summed E-state index contributed by atoms with van der Waals surface area (Å²) in [4.78, 5) is 0. The number of rotatable bonds is 11. The van der Waals surface area contributed by atoms with Gasteiger partial charge in [-0.1, -0.05) is 55.0 Å².